The maximum Gasteiger partial charge on any atom is 0.315 e. The van der Waals surface area contributed by atoms with Gasteiger partial charge in [-0.05, 0) is 36.1 Å². The Bertz CT molecular complexity index is 752. The number of carbonyl (C=O) groups is 1. The predicted octanol–water partition coefficient (Wildman–Crippen LogP) is 4.10. The van der Waals surface area contributed by atoms with E-state index in [1.54, 1.807) is 6.20 Å². The van der Waals surface area contributed by atoms with E-state index in [-0.39, 0.29) is 12.1 Å². The summed E-state index contributed by atoms with van der Waals surface area (Å²) in [6, 6.07) is 25.4. The number of urea groups is 1. The Hall–Kier alpha value is -3.14. The first-order valence-electron chi connectivity index (χ1n) is 8.87. The molecular formula is C22H23N3O. The molecule has 0 spiro atoms. The van der Waals surface area contributed by atoms with Gasteiger partial charge in [-0.3, -0.25) is 4.98 Å². The molecule has 2 aromatic carbocycles. The third-order valence-electron chi connectivity index (χ3n) is 4.16. The molecule has 4 heteroatoms. The van der Waals surface area contributed by atoms with Crippen LogP contribution in [0.15, 0.2) is 85.1 Å². The molecule has 2 amide bonds. The lowest BCUT2D eigenvalue weighted by atomic mass is 10.0. The van der Waals surface area contributed by atoms with Crippen LogP contribution in [0.3, 0.4) is 0 Å². The van der Waals surface area contributed by atoms with E-state index < -0.39 is 0 Å². The van der Waals surface area contributed by atoms with Crippen LogP contribution in [0.1, 0.15) is 29.3 Å². The third-order valence-corrected chi connectivity index (χ3v) is 4.16. The van der Waals surface area contributed by atoms with Crippen molar-refractivity contribution in [3.8, 4) is 0 Å². The molecule has 0 bridgehead atoms. The number of carbonyl (C=O) groups excluding carboxylic acids is 1. The van der Waals surface area contributed by atoms with E-state index in [0.29, 0.717) is 6.54 Å². The van der Waals surface area contributed by atoms with Crippen LogP contribution in [0.25, 0.3) is 0 Å². The van der Waals surface area contributed by atoms with Gasteiger partial charge in [0.25, 0.3) is 0 Å². The van der Waals surface area contributed by atoms with Gasteiger partial charge in [0, 0.05) is 12.7 Å². The van der Waals surface area contributed by atoms with Crippen LogP contribution in [0.2, 0.25) is 0 Å². The maximum atomic E-state index is 12.4. The minimum atomic E-state index is -0.272. The van der Waals surface area contributed by atoms with E-state index >= 15 is 0 Å². The van der Waals surface area contributed by atoms with E-state index in [1.807, 2.05) is 66.7 Å². The van der Waals surface area contributed by atoms with Crippen LogP contribution in [0, 0.1) is 0 Å². The molecule has 1 heterocycles. The monoisotopic (exact) mass is 345 g/mol. The second-order valence-electron chi connectivity index (χ2n) is 6.09. The van der Waals surface area contributed by atoms with E-state index in [2.05, 4.69) is 27.8 Å². The molecule has 1 aromatic heterocycles. The molecule has 0 aliphatic heterocycles. The highest BCUT2D eigenvalue weighted by molar-refractivity contribution is 5.74. The zero-order chi connectivity index (χ0) is 18.0. The number of benzene rings is 2. The lowest BCUT2D eigenvalue weighted by molar-refractivity contribution is 0.238. The van der Waals surface area contributed by atoms with Gasteiger partial charge >= 0.3 is 6.03 Å². The van der Waals surface area contributed by atoms with Crippen LogP contribution in [0.5, 0.6) is 0 Å². The van der Waals surface area contributed by atoms with Crippen molar-refractivity contribution >= 4 is 6.03 Å². The molecule has 0 saturated carbocycles. The molecule has 2 N–H and O–H groups in total. The average Bonchev–Trinajstić information content (AvgIpc) is 2.71. The molecule has 0 aliphatic carbocycles. The lowest BCUT2D eigenvalue weighted by Gasteiger charge is -2.19. The molecule has 0 saturated heterocycles. The van der Waals surface area contributed by atoms with Gasteiger partial charge in [0.15, 0.2) is 0 Å². The highest BCUT2D eigenvalue weighted by Crippen LogP contribution is 2.19. The number of pyridine rings is 1. The number of amides is 2. The van der Waals surface area contributed by atoms with Gasteiger partial charge in [-0.2, -0.15) is 0 Å². The molecule has 0 radical (unpaired) electrons. The second-order valence-corrected chi connectivity index (χ2v) is 6.09. The summed E-state index contributed by atoms with van der Waals surface area (Å²) in [5.74, 6) is 0. The summed E-state index contributed by atoms with van der Waals surface area (Å²) >= 11 is 0. The zero-order valence-corrected chi connectivity index (χ0v) is 14.6. The number of hydrogen-bond acceptors (Lipinski definition) is 2. The fourth-order valence-electron chi connectivity index (χ4n) is 2.84. The summed E-state index contributed by atoms with van der Waals surface area (Å²) in [6.45, 7) is 0.629. The summed E-state index contributed by atoms with van der Waals surface area (Å²) in [6.07, 6.45) is 3.59. The number of hydrogen-bond donors (Lipinski definition) is 2. The third kappa shape index (κ3) is 5.18. The Labute approximate surface area is 154 Å². The zero-order valence-electron chi connectivity index (χ0n) is 14.6. The van der Waals surface area contributed by atoms with Gasteiger partial charge in [0.05, 0.1) is 11.7 Å². The van der Waals surface area contributed by atoms with Crippen molar-refractivity contribution in [3.63, 3.8) is 0 Å². The average molecular weight is 345 g/mol. The minimum absolute atomic E-state index is 0.183. The fourth-order valence-corrected chi connectivity index (χ4v) is 2.84. The molecule has 132 valence electrons. The fraction of sp³-hybridized carbons (Fsp3) is 0.182. The lowest BCUT2D eigenvalue weighted by Crippen LogP contribution is -2.39. The Balaban J connectivity index is 1.56. The van der Waals surface area contributed by atoms with Crippen molar-refractivity contribution in [1.29, 1.82) is 0 Å². The van der Waals surface area contributed by atoms with Crippen molar-refractivity contribution < 1.29 is 4.79 Å². The first kappa shape index (κ1) is 17.7. The van der Waals surface area contributed by atoms with E-state index in [4.69, 9.17) is 0 Å². The molecule has 0 aliphatic rings. The van der Waals surface area contributed by atoms with Gasteiger partial charge in [-0.15, -0.1) is 0 Å². The van der Waals surface area contributed by atoms with Crippen molar-refractivity contribution in [2.75, 3.05) is 6.54 Å². The number of aryl methyl sites for hydroxylation is 1. The first-order valence-corrected chi connectivity index (χ1v) is 8.87. The summed E-state index contributed by atoms with van der Waals surface area (Å²) in [4.78, 5) is 16.8. The molecule has 26 heavy (non-hydrogen) atoms. The van der Waals surface area contributed by atoms with E-state index in [0.717, 1.165) is 24.1 Å². The van der Waals surface area contributed by atoms with Gasteiger partial charge in [-0.25, -0.2) is 4.79 Å². The quantitative estimate of drug-likeness (QED) is 0.633. The molecule has 3 rings (SSSR count). The molecule has 0 fully saturated rings. The van der Waals surface area contributed by atoms with Crippen molar-refractivity contribution in [1.82, 2.24) is 15.6 Å². The summed E-state index contributed by atoms with van der Waals surface area (Å²) < 4.78 is 0. The van der Waals surface area contributed by atoms with E-state index in [9.17, 15) is 4.79 Å². The molecule has 1 atom stereocenters. The van der Waals surface area contributed by atoms with Crippen LogP contribution < -0.4 is 10.6 Å². The summed E-state index contributed by atoms with van der Waals surface area (Å²) in [5, 5.41) is 5.98. The highest BCUT2D eigenvalue weighted by Gasteiger charge is 2.17. The first-order chi connectivity index (χ1) is 12.8. The van der Waals surface area contributed by atoms with Crippen molar-refractivity contribution in [2.45, 2.75) is 18.9 Å². The van der Waals surface area contributed by atoms with Crippen molar-refractivity contribution in [3.05, 3.63) is 102 Å². The molecule has 4 nitrogen and oxygen atoms in total. The SMILES string of the molecule is O=C(NCCCc1ccccc1)NC(c1ccccc1)c1ccccn1. The van der Waals surface area contributed by atoms with Gasteiger partial charge in [0.2, 0.25) is 0 Å². The van der Waals surface area contributed by atoms with Gasteiger partial charge in [0.1, 0.15) is 0 Å². The Kier molecular flexibility index (Phi) is 6.37. The predicted molar refractivity (Wildman–Crippen MR) is 104 cm³/mol. The normalized spacial score (nSPS) is 11.5. The number of rotatable bonds is 7. The summed E-state index contributed by atoms with van der Waals surface area (Å²) in [7, 11) is 0. The van der Waals surface area contributed by atoms with Crippen molar-refractivity contribution in [2.24, 2.45) is 0 Å². The number of aromatic nitrogens is 1. The number of nitrogens with zero attached hydrogens (tertiary/aromatic N) is 1. The smallest absolute Gasteiger partial charge is 0.315 e. The van der Waals surface area contributed by atoms with Crippen LogP contribution in [-0.4, -0.2) is 17.6 Å². The van der Waals surface area contributed by atoms with Crippen LogP contribution in [0.4, 0.5) is 4.79 Å². The second kappa shape index (κ2) is 9.37. The maximum absolute atomic E-state index is 12.4. The van der Waals surface area contributed by atoms with Crippen LogP contribution >= 0.6 is 0 Å². The number of nitrogens with one attached hydrogen (secondary N) is 2. The summed E-state index contributed by atoms with van der Waals surface area (Å²) in [5.41, 5.74) is 3.11. The standard InChI is InChI=1S/C22H23N3O/c26-22(24-17-9-12-18-10-3-1-4-11-18)25-21(19-13-5-2-6-14-19)20-15-7-8-16-23-20/h1-8,10-11,13-16,21H,9,12,17H2,(H2,24,25,26). The Morgan fingerprint density at radius 1 is 0.885 bits per heavy atom. The molecule has 3 aromatic rings. The minimum Gasteiger partial charge on any atom is -0.338 e. The Morgan fingerprint density at radius 2 is 1.58 bits per heavy atom. The molecular weight excluding hydrogens is 322 g/mol. The van der Waals surface area contributed by atoms with Gasteiger partial charge < -0.3 is 10.6 Å². The van der Waals surface area contributed by atoms with Crippen LogP contribution in [-0.2, 0) is 6.42 Å². The van der Waals surface area contributed by atoms with E-state index in [1.165, 1.54) is 5.56 Å². The topological polar surface area (TPSA) is 54.0 Å². The largest absolute Gasteiger partial charge is 0.338 e. The molecule has 1 unspecified atom stereocenters. The van der Waals surface area contributed by atoms with Gasteiger partial charge in [-0.1, -0.05) is 66.7 Å². The highest BCUT2D eigenvalue weighted by atomic mass is 16.2. The Morgan fingerprint density at radius 3 is 2.27 bits per heavy atom.